The van der Waals surface area contributed by atoms with E-state index in [1.165, 1.54) is 0 Å². The van der Waals surface area contributed by atoms with Crippen molar-refractivity contribution in [1.82, 2.24) is 0 Å². The zero-order valence-electron chi connectivity index (χ0n) is 22.9. The van der Waals surface area contributed by atoms with Gasteiger partial charge in [-0.05, 0) is 93.5 Å². The number of methoxy groups -OCH3 is 1. The molecule has 6 aliphatic rings. The maximum absolute atomic E-state index is 14.4. The van der Waals surface area contributed by atoms with Crippen LogP contribution >= 0.6 is 0 Å². The smallest absolute Gasteiger partial charge is 0.331 e. The standard InChI is InChI=1S/C30H44O7/c1-17-26(32)22(34-4)15-25(36-17)37-20-6-9-28(2)19(14-20)5-11-30-12-7-21(18-13-24(31)35-16-18)29(3,27(30)33)10-8-23(28)30/h13,17,19-23,25-26,32H,5-12,14-16H2,1-4H3/t17-,19+,20+,21+,22+,23+,25-,26+,28+,29+,30+/m0/s1. The molecule has 5 fully saturated rings. The van der Waals surface area contributed by atoms with Crippen LogP contribution in [0.1, 0.15) is 85.0 Å². The molecule has 2 heterocycles. The molecule has 7 heteroatoms. The lowest BCUT2D eigenvalue weighted by Gasteiger charge is -2.66. The zero-order valence-corrected chi connectivity index (χ0v) is 22.9. The van der Waals surface area contributed by atoms with Crippen LogP contribution in [0.25, 0.3) is 0 Å². The fourth-order valence-electron chi connectivity index (χ4n) is 9.85. The van der Waals surface area contributed by atoms with E-state index >= 15 is 0 Å². The second-order valence-corrected chi connectivity index (χ2v) is 13.5. The third-order valence-electron chi connectivity index (χ3n) is 11.9. The minimum Gasteiger partial charge on any atom is -0.458 e. The van der Waals surface area contributed by atoms with E-state index in [2.05, 4.69) is 13.8 Å². The highest BCUT2D eigenvalue weighted by atomic mass is 16.7. The molecule has 0 aromatic heterocycles. The van der Waals surface area contributed by atoms with Crippen molar-refractivity contribution in [3.63, 3.8) is 0 Å². The van der Waals surface area contributed by atoms with E-state index in [0.29, 0.717) is 30.6 Å². The Labute approximate surface area is 220 Å². The lowest BCUT2D eigenvalue weighted by atomic mass is 9.37. The maximum Gasteiger partial charge on any atom is 0.331 e. The number of ketones is 1. The number of aliphatic hydroxyl groups excluding tert-OH is 1. The van der Waals surface area contributed by atoms with E-state index in [1.54, 1.807) is 13.2 Å². The highest BCUT2D eigenvalue weighted by Crippen LogP contribution is 2.70. The molecule has 1 N–H and O–H groups in total. The summed E-state index contributed by atoms with van der Waals surface area (Å²) in [5.74, 6) is 1.33. The first kappa shape index (κ1) is 26.0. The van der Waals surface area contributed by atoms with E-state index < -0.39 is 6.10 Å². The molecular weight excluding hydrogens is 472 g/mol. The lowest BCUT2D eigenvalue weighted by molar-refractivity contribution is -0.272. The van der Waals surface area contributed by atoms with Gasteiger partial charge >= 0.3 is 5.97 Å². The van der Waals surface area contributed by atoms with Crippen LogP contribution in [0.3, 0.4) is 0 Å². The number of carbonyl (C=O) groups is 2. The third-order valence-corrected chi connectivity index (χ3v) is 11.9. The van der Waals surface area contributed by atoms with Crippen molar-refractivity contribution in [2.75, 3.05) is 13.7 Å². The topological polar surface area (TPSA) is 91.3 Å². The quantitative estimate of drug-likeness (QED) is 0.439. The highest BCUT2D eigenvalue weighted by molar-refractivity contribution is 5.93. The van der Waals surface area contributed by atoms with Crippen molar-refractivity contribution < 1.29 is 33.6 Å². The number of Topliss-reactive ketones (excluding diaryl/α,β-unsaturated/α-hetero) is 1. The van der Waals surface area contributed by atoms with Gasteiger partial charge in [-0.1, -0.05) is 13.8 Å². The van der Waals surface area contributed by atoms with Gasteiger partial charge in [-0.2, -0.15) is 0 Å². The van der Waals surface area contributed by atoms with E-state index in [9.17, 15) is 14.7 Å². The molecule has 4 saturated carbocycles. The predicted octanol–water partition coefficient (Wildman–Crippen LogP) is 4.35. The van der Waals surface area contributed by atoms with Crippen LogP contribution in [0, 0.1) is 34.0 Å². The molecule has 7 nitrogen and oxygen atoms in total. The molecule has 1 saturated heterocycles. The van der Waals surface area contributed by atoms with Crippen LogP contribution in [0.15, 0.2) is 11.6 Å². The monoisotopic (exact) mass is 516 g/mol. The summed E-state index contributed by atoms with van der Waals surface area (Å²) >= 11 is 0. The molecule has 0 aromatic carbocycles. The molecule has 0 amide bonds. The normalized spacial score (nSPS) is 51.6. The average Bonchev–Trinajstić information content (AvgIpc) is 3.29. The Morgan fingerprint density at radius 1 is 1.03 bits per heavy atom. The Bertz CT molecular complexity index is 977. The molecule has 0 aromatic rings. The summed E-state index contributed by atoms with van der Waals surface area (Å²) in [4.78, 5) is 26.1. The van der Waals surface area contributed by atoms with Gasteiger partial charge in [0.15, 0.2) is 6.29 Å². The van der Waals surface area contributed by atoms with Crippen molar-refractivity contribution in [3.8, 4) is 0 Å². The fourth-order valence-corrected chi connectivity index (χ4v) is 9.85. The summed E-state index contributed by atoms with van der Waals surface area (Å²) in [5, 5.41) is 10.3. The van der Waals surface area contributed by atoms with Crippen LogP contribution in [0.4, 0.5) is 0 Å². The van der Waals surface area contributed by atoms with Gasteiger partial charge in [-0.3, -0.25) is 4.79 Å². The van der Waals surface area contributed by atoms with Gasteiger partial charge in [0.2, 0.25) is 0 Å². The number of fused-ring (bicyclic) bond motifs is 3. The van der Waals surface area contributed by atoms with E-state index in [4.69, 9.17) is 18.9 Å². The van der Waals surface area contributed by atoms with Crippen molar-refractivity contribution in [2.24, 2.45) is 34.0 Å². The van der Waals surface area contributed by atoms with Crippen LogP contribution < -0.4 is 0 Å². The van der Waals surface area contributed by atoms with Crippen molar-refractivity contribution in [2.45, 2.75) is 116 Å². The number of hydrogen-bond acceptors (Lipinski definition) is 7. The van der Waals surface area contributed by atoms with Gasteiger partial charge in [0.25, 0.3) is 0 Å². The number of hydrogen-bond donors (Lipinski definition) is 1. The first-order valence-electron chi connectivity index (χ1n) is 14.5. The molecule has 2 bridgehead atoms. The molecule has 37 heavy (non-hydrogen) atoms. The molecule has 11 atom stereocenters. The Kier molecular flexibility index (Phi) is 6.42. The molecule has 6 rings (SSSR count). The number of rotatable bonds is 4. The molecule has 2 aliphatic heterocycles. The minimum atomic E-state index is -0.628. The van der Waals surface area contributed by atoms with Gasteiger partial charge in [0.05, 0.1) is 18.3 Å². The van der Waals surface area contributed by atoms with Crippen molar-refractivity contribution in [3.05, 3.63) is 11.6 Å². The SMILES string of the molecule is CO[C@@H]1C[C@H](O[C@@H]2CC[C@]3(C)[C@H](CC[C@@]45CC[C@H](C6=CC(=O)OC6)[C@@](C)(CC[C@@H]43)C5=O)C2)O[C@@H](C)[C@H]1O. The summed E-state index contributed by atoms with van der Waals surface area (Å²) in [7, 11) is 1.63. The number of aliphatic hydroxyl groups is 1. The predicted molar refractivity (Wildman–Crippen MR) is 135 cm³/mol. The number of cyclic esters (lactones) is 1. The Morgan fingerprint density at radius 2 is 1.81 bits per heavy atom. The molecular formula is C30H44O7. The summed E-state index contributed by atoms with van der Waals surface area (Å²) in [5.41, 5.74) is 0.597. The second-order valence-electron chi connectivity index (χ2n) is 13.5. The Balaban J connectivity index is 1.16. The van der Waals surface area contributed by atoms with Crippen LogP contribution in [-0.2, 0) is 28.5 Å². The van der Waals surface area contributed by atoms with Gasteiger partial charge in [-0.25, -0.2) is 4.79 Å². The van der Waals surface area contributed by atoms with Gasteiger partial charge < -0.3 is 24.1 Å². The summed E-state index contributed by atoms with van der Waals surface area (Å²) < 4.78 is 23.2. The summed E-state index contributed by atoms with van der Waals surface area (Å²) in [6, 6.07) is 0. The number of ether oxygens (including phenoxy) is 4. The van der Waals surface area contributed by atoms with Crippen LogP contribution in [0.5, 0.6) is 0 Å². The minimum absolute atomic E-state index is 0.139. The van der Waals surface area contributed by atoms with E-state index in [0.717, 1.165) is 63.4 Å². The largest absolute Gasteiger partial charge is 0.458 e. The first-order chi connectivity index (χ1) is 17.6. The fraction of sp³-hybridized carbons (Fsp3) is 0.867. The Morgan fingerprint density at radius 3 is 2.54 bits per heavy atom. The summed E-state index contributed by atoms with van der Waals surface area (Å²) in [6.45, 7) is 6.87. The number of esters is 1. The Hall–Kier alpha value is -1.28. The maximum atomic E-state index is 14.4. The molecule has 1 spiro atoms. The van der Waals surface area contributed by atoms with Crippen molar-refractivity contribution >= 4 is 11.8 Å². The van der Waals surface area contributed by atoms with Gasteiger partial charge in [-0.15, -0.1) is 0 Å². The molecule has 206 valence electrons. The number of carbonyl (C=O) groups excluding carboxylic acids is 2. The zero-order chi connectivity index (χ0) is 26.2. The third kappa shape index (κ3) is 3.89. The van der Waals surface area contributed by atoms with Crippen LogP contribution in [-0.4, -0.2) is 61.3 Å². The second kappa shape index (κ2) is 9.14. The first-order valence-corrected chi connectivity index (χ1v) is 14.5. The average molecular weight is 517 g/mol. The van der Waals surface area contributed by atoms with Gasteiger partial charge in [0.1, 0.15) is 18.5 Å². The van der Waals surface area contributed by atoms with E-state index in [1.807, 2.05) is 6.92 Å². The van der Waals surface area contributed by atoms with Gasteiger partial charge in [0, 0.05) is 30.4 Å². The molecule has 0 radical (unpaired) electrons. The lowest BCUT2D eigenvalue weighted by Crippen LogP contribution is -2.64. The van der Waals surface area contributed by atoms with Crippen LogP contribution in [0.2, 0.25) is 0 Å². The highest BCUT2D eigenvalue weighted by Gasteiger charge is 2.67. The van der Waals surface area contributed by atoms with E-state index in [-0.39, 0.29) is 52.7 Å². The summed E-state index contributed by atoms with van der Waals surface area (Å²) in [6.07, 6.45) is 9.85. The molecule has 4 aliphatic carbocycles. The molecule has 0 unspecified atom stereocenters. The van der Waals surface area contributed by atoms with Crippen molar-refractivity contribution in [1.29, 1.82) is 0 Å².